The molecule has 6 nitrogen and oxygen atoms in total. The number of aliphatic hydroxyl groups is 1. The minimum atomic E-state index is -0.677. The van der Waals surface area contributed by atoms with Crippen molar-refractivity contribution in [1.82, 2.24) is 4.90 Å². The van der Waals surface area contributed by atoms with Gasteiger partial charge in [0.05, 0.1) is 17.7 Å². The first kappa shape index (κ1) is 22.6. The first-order valence-electron chi connectivity index (χ1n) is 10.4. The smallest absolute Gasteiger partial charge is 0.295 e. The molecule has 0 saturated carbocycles. The molecule has 3 rings (SSSR count). The minimum Gasteiger partial charge on any atom is -0.507 e. The van der Waals surface area contributed by atoms with Crippen LogP contribution in [0.2, 0.25) is 0 Å². The normalized spacial score (nSPS) is 18.1. The molecule has 0 radical (unpaired) electrons. The van der Waals surface area contributed by atoms with E-state index in [0.29, 0.717) is 30.9 Å². The monoisotopic (exact) mass is 423 g/mol. The van der Waals surface area contributed by atoms with Crippen LogP contribution in [0.1, 0.15) is 43.0 Å². The van der Waals surface area contributed by atoms with Gasteiger partial charge >= 0.3 is 0 Å². The minimum absolute atomic E-state index is 0.0219. The molecule has 1 aliphatic heterocycles. The van der Waals surface area contributed by atoms with E-state index >= 15 is 0 Å². The fraction of sp³-hybridized carbons (Fsp3) is 0.360. The molecule has 0 aliphatic carbocycles. The lowest BCUT2D eigenvalue weighted by atomic mass is 9.95. The van der Waals surface area contributed by atoms with Crippen molar-refractivity contribution in [1.29, 1.82) is 0 Å². The molecule has 2 aromatic rings. The maximum Gasteiger partial charge on any atom is 0.295 e. The molecule has 164 valence electrons. The number of nitrogens with zero attached hydrogens (tertiary/aromatic N) is 1. The number of aliphatic hydroxyl groups excluding tert-OH is 1. The van der Waals surface area contributed by atoms with Crippen molar-refractivity contribution in [3.8, 4) is 5.75 Å². The SMILES string of the molecule is COCCCN1C(=O)C(=O)/C(=C(\O)c2ccc(OC(C)C)c(C)c2)C1c1ccccc1. The van der Waals surface area contributed by atoms with Crippen molar-refractivity contribution in [3.63, 3.8) is 0 Å². The van der Waals surface area contributed by atoms with E-state index in [4.69, 9.17) is 9.47 Å². The number of methoxy groups -OCH3 is 1. The van der Waals surface area contributed by atoms with Gasteiger partial charge in [-0.2, -0.15) is 0 Å². The Morgan fingerprint density at radius 2 is 1.84 bits per heavy atom. The zero-order valence-electron chi connectivity index (χ0n) is 18.4. The molecule has 1 heterocycles. The van der Waals surface area contributed by atoms with E-state index in [1.165, 1.54) is 4.90 Å². The van der Waals surface area contributed by atoms with E-state index in [2.05, 4.69) is 0 Å². The van der Waals surface area contributed by atoms with Crippen LogP contribution in [0.15, 0.2) is 54.1 Å². The number of benzene rings is 2. The highest BCUT2D eigenvalue weighted by atomic mass is 16.5. The van der Waals surface area contributed by atoms with Crippen LogP contribution < -0.4 is 4.74 Å². The third-order valence-corrected chi connectivity index (χ3v) is 5.21. The number of hydrogen-bond donors (Lipinski definition) is 1. The predicted octanol–water partition coefficient (Wildman–Crippen LogP) is 4.24. The van der Waals surface area contributed by atoms with Crippen molar-refractivity contribution < 1.29 is 24.2 Å². The number of carbonyl (C=O) groups is 2. The Kier molecular flexibility index (Phi) is 7.13. The summed E-state index contributed by atoms with van der Waals surface area (Å²) in [6, 6.07) is 13.9. The Morgan fingerprint density at radius 3 is 2.45 bits per heavy atom. The fourth-order valence-electron chi connectivity index (χ4n) is 3.81. The maximum absolute atomic E-state index is 13.0. The molecule has 2 aromatic carbocycles. The quantitative estimate of drug-likeness (QED) is 0.297. The largest absolute Gasteiger partial charge is 0.507 e. The Hall–Kier alpha value is -3.12. The van der Waals surface area contributed by atoms with Gasteiger partial charge in [0.25, 0.3) is 11.7 Å². The molecule has 1 saturated heterocycles. The zero-order chi connectivity index (χ0) is 22.5. The van der Waals surface area contributed by atoms with Crippen LogP contribution in [0.5, 0.6) is 5.75 Å². The van der Waals surface area contributed by atoms with E-state index in [9.17, 15) is 14.7 Å². The van der Waals surface area contributed by atoms with Crippen molar-refractivity contribution in [2.45, 2.75) is 39.3 Å². The number of ether oxygens (including phenoxy) is 2. The summed E-state index contributed by atoms with van der Waals surface area (Å²) in [5, 5.41) is 11.1. The fourth-order valence-corrected chi connectivity index (χ4v) is 3.81. The second kappa shape index (κ2) is 9.79. The van der Waals surface area contributed by atoms with Gasteiger partial charge in [-0.15, -0.1) is 0 Å². The van der Waals surface area contributed by atoms with Crippen molar-refractivity contribution in [2.24, 2.45) is 0 Å². The van der Waals surface area contributed by atoms with Crippen molar-refractivity contribution >= 4 is 17.4 Å². The highest BCUT2D eigenvalue weighted by Gasteiger charge is 2.45. The number of carbonyl (C=O) groups excluding carboxylic acids is 2. The van der Waals surface area contributed by atoms with Gasteiger partial charge in [0, 0.05) is 25.8 Å². The summed E-state index contributed by atoms with van der Waals surface area (Å²) >= 11 is 0. The van der Waals surface area contributed by atoms with E-state index in [-0.39, 0.29) is 17.4 Å². The molecule has 0 bridgehead atoms. The molecule has 1 atom stereocenters. The summed E-state index contributed by atoms with van der Waals surface area (Å²) in [6.45, 7) is 6.60. The number of rotatable bonds is 8. The molecule has 1 N–H and O–H groups in total. The first-order chi connectivity index (χ1) is 14.8. The third-order valence-electron chi connectivity index (χ3n) is 5.21. The van der Waals surface area contributed by atoms with Gasteiger partial charge in [0.1, 0.15) is 11.5 Å². The van der Waals surface area contributed by atoms with Gasteiger partial charge in [-0.3, -0.25) is 9.59 Å². The average Bonchev–Trinajstić information content (AvgIpc) is 3.00. The molecule has 1 unspecified atom stereocenters. The molecular weight excluding hydrogens is 394 g/mol. The third kappa shape index (κ3) is 4.80. The molecule has 0 aromatic heterocycles. The number of aryl methyl sites for hydroxylation is 1. The van der Waals surface area contributed by atoms with Crippen LogP contribution in [0, 0.1) is 6.92 Å². The number of hydrogen-bond acceptors (Lipinski definition) is 5. The Labute approximate surface area is 183 Å². The number of amides is 1. The summed E-state index contributed by atoms with van der Waals surface area (Å²) in [5.74, 6) is -0.751. The van der Waals surface area contributed by atoms with Crippen LogP contribution in [-0.2, 0) is 14.3 Å². The van der Waals surface area contributed by atoms with Gasteiger partial charge in [-0.1, -0.05) is 30.3 Å². The van der Waals surface area contributed by atoms with Gasteiger partial charge in [0.2, 0.25) is 0 Å². The summed E-state index contributed by atoms with van der Waals surface area (Å²) in [5.41, 5.74) is 2.19. The van der Waals surface area contributed by atoms with Crippen LogP contribution in [0.4, 0.5) is 0 Å². The maximum atomic E-state index is 13.0. The van der Waals surface area contributed by atoms with E-state index < -0.39 is 17.7 Å². The van der Waals surface area contributed by atoms with Gasteiger partial charge in [-0.05, 0) is 56.5 Å². The highest BCUT2D eigenvalue weighted by Crippen LogP contribution is 2.39. The van der Waals surface area contributed by atoms with Crippen LogP contribution in [0.25, 0.3) is 5.76 Å². The predicted molar refractivity (Wildman–Crippen MR) is 119 cm³/mol. The van der Waals surface area contributed by atoms with E-state index in [0.717, 1.165) is 11.1 Å². The molecule has 0 spiro atoms. The van der Waals surface area contributed by atoms with Crippen LogP contribution in [0.3, 0.4) is 0 Å². The Balaban J connectivity index is 2.07. The number of ketones is 1. The average molecular weight is 424 g/mol. The second-order valence-electron chi connectivity index (χ2n) is 7.90. The molecule has 1 aliphatic rings. The standard InChI is InChI=1S/C25H29NO5/c1-16(2)31-20-12-11-19(15-17(20)3)23(27)21-22(18-9-6-5-7-10-18)26(13-8-14-30-4)25(29)24(21)28/h5-7,9-12,15-16,22,27H,8,13-14H2,1-4H3/b23-21-. The summed E-state index contributed by atoms with van der Waals surface area (Å²) in [7, 11) is 1.60. The lowest BCUT2D eigenvalue weighted by Gasteiger charge is -2.25. The first-order valence-corrected chi connectivity index (χ1v) is 10.4. The Bertz CT molecular complexity index is 981. The molecule has 31 heavy (non-hydrogen) atoms. The van der Waals surface area contributed by atoms with Crippen molar-refractivity contribution in [2.75, 3.05) is 20.3 Å². The molecule has 6 heteroatoms. The molecule has 1 amide bonds. The topological polar surface area (TPSA) is 76.1 Å². The summed E-state index contributed by atoms with van der Waals surface area (Å²) in [4.78, 5) is 27.3. The van der Waals surface area contributed by atoms with Gasteiger partial charge < -0.3 is 19.5 Å². The van der Waals surface area contributed by atoms with Crippen LogP contribution >= 0.6 is 0 Å². The molecule has 1 fully saturated rings. The summed E-state index contributed by atoms with van der Waals surface area (Å²) < 4.78 is 10.9. The lowest BCUT2D eigenvalue weighted by molar-refractivity contribution is -0.140. The van der Waals surface area contributed by atoms with Gasteiger partial charge in [-0.25, -0.2) is 0 Å². The van der Waals surface area contributed by atoms with Crippen LogP contribution in [-0.4, -0.2) is 48.1 Å². The molecular formula is C25H29NO5. The number of likely N-dealkylation sites (tertiary alicyclic amines) is 1. The lowest BCUT2D eigenvalue weighted by Crippen LogP contribution is -2.31. The number of Topliss-reactive ketones (excluding diaryl/α,β-unsaturated/α-hetero) is 1. The van der Waals surface area contributed by atoms with E-state index in [1.807, 2.05) is 51.1 Å². The zero-order valence-corrected chi connectivity index (χ0v) is 18.4. The summed E-state index contributed by atoms with van der Waals surface area (Å²) in [6.07, 6.45) is 0.612. The van der Waals surface area contributed by atoms with E-state index in [1.54, 1.807) is 25.3 Å². The van der Waals surface area contributed by atoms with Gasteiger partial charge in [0.15, 0.2) is 0 Å². The second-order valence-corrected chi connectivity index (χ2v) is 7.90. The Morgan fingerprint density at radius 1 is 1.13 bits per heavy atom. The van der Waals surface area contributed by atoms with Crippen molar-refractivity contribution in [3.05, 3.63) is 70.8 Å². The highest BCUT2D eigenvalue weighted by molar-refractivity contribution is 6.46.